The van der Waals surface area contributed by atoms with Crippen LogP contribution in [0.2, 0.25) is 0 Å². The molecule has 1 aromatic carbocycles. The van der Waals surface area contributed by atoms with Gasteiger partial charge in [-0.05, 0) is 56.5 Å². The number of ether oxygens (including phenoxy) is 2. The number of amides is 1. The fourth-order valence-corrected chi connectivity index (χ4v) is 4.85. The Balaban J connectivity index is 0.000000858. The molecular weight excluding hydrogens is 400 g/mol. The van der Waals surface area contributed by atoms with E-state index in [1.165, 1.54) is 12.8 Å². The van der Waals surface area contributed by atoms with E-state index >= 15 is 0 Å². The van der Waals surface area contributed by atoms with Crippen molar-refractivity contribution in [3.8, 4) is 5.75 Å². The van der Waals surface area contributed by atoms with E-state index in [1.54, 1.807) is 7.11 Å². The van der Waals surface area contributed by atoms with Gasteiger partial charge in [0.05, 0.1) is 18.9 Å². The number of nitrogens with zero attached hydrogens (tertiary/aromatic N) is 2. The lowest BCUT2D eigenvalue weighted by molar-refractivity contribution is -0.152. The smallest absolute Gasteiger partial charge is 0.312 e. The maximum atomic E-state index is 12.7. The number of carbonyl (C=O) groups is 3. The zero-order chi connectivity index (χ0) is 22.3. The van der Waals surface area contributed by atoms with Gasteiger partial charge >= 0.3 is 5.97 Å². The van der Waals surface area contributed by atoms with Crippen LogP contribution in [0.4, 0.5) is 0 Å². The van der Waals surface area contributed by atoms with Crippen LogP contribution < -0.4 is 4.74 Å². The van der Waals surface area contributed by atoms with Crippen molar-refractivity contribution in [3.05, 3.63) is 29.8 Å². The number of methoxy groups -OCH3 is 1. The van der Waals surface area contributed by atoms with Crippen LogP contribution in [0.15, 0.2) is 24.3 Å². The van der Waals surface area contributed by atoms with Gasteiger partial charge in [0, 0.05) is 26.1 Å². The second-order valence-electron chi connectivity index (χ2n) is 8.53. The molecule has 1 spiro atoms. The molecule has 0 radical (unpaired) electrons. The Kier molecular flexibility index (Phi) is 7.90. The highest BCUT2D eigenvalue weighted by molar-refractivity contribution is 5.81. The summed E-state index contributed by atoms with van der Waals surface area (Å²) in [6, 6.07) is 7.63. The van der Waals surface area contributed by atoms with Crippen LogP contribution in [0.25, 0.3) is 0 Å². The molecule has 4 rings (SSSR count). The Morgan fingerprint density at radius 2 is 1.94 bits per heavy atom. The van der Waals surface area contributed by atoms with Crippen LogP contribution in [0.1, 0.15) is 37.7 Å². The third kappa shape index (κ3) is 5.76. The highest BCUT2D eigenvalue weighted by atomic mass is 16.6. The molecule has 31 heavy (non-hydrogen) atoms. The van der Waals surface area contributed by atoms with Gasteiger partial charge in [0.15, 0.2) is 0 Å². The maximum Gasteiger partial charge on any atom is 0.312 e. The lowest BCUT2D eigenvalue weighted by Gasteiger charge is -2.36. The molecule has 0 bridgehead atoms. The predicted octanol–water partition coefficient (Wildman–Crippen LogP) is 1.96. The lowest BCUT2D eigenvalue weighted by atomic mass is 9.76. The molecule has 1 N–H and O–H groups in total. The predicted molar refractivity (Wildman–Crippen MR) is 114 cm³/mol. The third-order valence-electron chi connectivity index (χ3n) is 6.55. The molecule has 3 saturated heterocycles. The van der Waals surface area contributed by atoms with E-state index in [0.29, 0.717) is 32.4 Å². The molecule has 0 aromatic heterocycles. The SMILES string of the molecule is COc1cccc(CC(=O)N2CCC3(CC2)CC(CN2CCCC2)OC3=O)c1.O=CO. The first kappa shape index (κ1) is 23.1. The summed E-state index contributed by atoms with van der Waals surface area (Å²) < 4.78 is 11.0. The molecule has 1 aromatic rings. The normalized spacial score (nSPS) is 22.5. The van der Waals surface area contributed by atoms with Gasteiger partial charge in [0.1, 0.15) is 11.9 Å². The molecule has 0 aliphatic carbocycles. The number of cyclic esters (lactones) is 1. The van der Waals surface area contributed by atoms with Crippen LogP contribution in [0.5, 0.6) is 5.75 Å². The fraction of sp³-hybridized carbons (Fsp3) is 0.609. The number of benzene rings is 1. The van der Waals surface area contributed by atoms with Gasteiger partial charge < -0.3 is 19.5 Å². The number of rotatable bonds is 5. The number of hydrogen-bond donors (Lipinski definition) is 1. The van der Waals surface area contributed by atoms with E-state index < -0.39 is 0 Å². The minimum Gasteiger partial charge on any atom is -0.497 e. The summed E-state index contributed by atoms with van der Waals surface area (Å²) in [6.07, 6.45) is 5.11. The minimum absolute atomic E-state index is 0.0182. The van der Waals surface area contributed by atoms with Crippen molar-refractivity contribution < 1.29 is 29.0 Å². The first-order valence-electron chi connectivity index (χ1n) is 10.9. The Labute approximate surface area is 183 Å². The van der Waals surface area contributed by atoms with Crippen molar-refractivity contribution in [1.29, 1.82) is 0 Å². The van der Waals surface area contributed by atoms with Crippen LogP contribution in [-0.2, 0) is 25.5 Å². The van der Waals surface area contributed by atoms with E-state index in [1.807, 2.05) is 29.2 Å². The molecular formula is C23H32N2O6. The van der Waals surface area contributed by atoms with E-state index in [9.17, 15) is 9.59 Å². The zero-order valence-corrected chi connectivity index (χ0v) is 18.1. The van der Waals surface area contributed by atoms with Gasteiger partial charge in [-0.3, -0.25) is 19.3 Å². The maximum absolute atomic E-state index is 12.7. The van der Waals surface area contributed by atoms with Crippen molar-refractivity contribution in [2.24, 2.45) is 5.41 Å². The molecule has 1 atom stereocenters. The highest BCUT2D eigenvalue weighted by Gasteiger charge is 2.51. The van der Waals surface area contributed by atoms with Gasteiger partial charge in [0.25, 0.3) is 6.47 Å². The summed E-state index contributed by atoms with van der Waals surface area (Å²) in [7, 11) is 1.63. The van der Waals surface area contributed by atoms with Crippen molar-refractivity contribution >= 4 is 18.3 Å². The number of carboxylic acid groups (broad SMARTS) is 1. The summed E-state index contributed by atoms with van der Waals surface area (Å²) in [5.41, 5.74) is 0.576. The summed E-state index contributed by atoms with van der Waals surface area (Å²) in [6.45, 7) is 4.12. The summed E-state index contributed by atoms with van der Waals surface area (Å²) in [5.74, 6) is 0.834. The molecule has 170 valence electrons. The van der Waals surface area contributed by atoms with Crippen molar-refractivity contribution in [2.75, 3.05) is 39.8 Å². The summed E-state index contributed by atoms with van der Waals surface area (Å²) in [5, 5.41) is 6.89. The van der Waals surface area contributed by atoms with Crippen LogP contribution in [-0.4, -0.2) is 79.2 Å². The number of likely N-dealkylation sites (tertiary alicyclic amines) is 2. The second-order valence-corrected chi connectivity index (χ2v) is 8.53. The van der Waals surface area contributed by atoms with E-state index in [4.69, 9.17) is 19.4 Å². The van der Waals surface area contributed by atoms with E-state index in [0.717, 1.165) is 37.4 Å². The van der Waals surface area contributed by atoms with Crippen LogP contribution >= 0.6 is 0 Å². The van der Waals surface area contributed by atoms with Crippen LogP contribution in [0, 0.1) is 5.41 Å². The van der Waals surface area contributed by atoms with Crippen LogP contribution in [0.3, 0.4) is 0 Å². The summed E-state index contributed by atoms with van der Waals surface area (Å²) >= 11 is 0. The quantitative estimate of drug-likeness (QED) is 0.561. The highest BCUT2D eigenvalue weighted by Crippen LogP contribution is 2.43. The summed E-state index contributed by atoms with van der Waals surface area (Å²) in [4.78, 5) is 38.0. The zero-order valence-electron chi connectivity index (χ0n) is 18.1. The molecule has 3 heterocycles. The number of hydrogen-bond acceptors (Lipinski definition) is 6. The van der Waals surface area contributed by atoms with Crippen molar-refractivity contribution in [2.45, 2.75) is 44.6 Å². The van der Waals surface area contributed by atoms with Gasteiger partial charge in [-0.2, -0.15) is 0 Å². The Bertz CT molecular complexity index is 769. The van der Waals surface area contributed by atoms with Gasteiger partial charge in [-0.25, -0.2) is 0 Å². The molecule has 8 heteroatoms. The molecule has 3 aliphatic rings. The fourth-order valence-electron chi connectivity index (χ4n) is 4.85. The monoisotopic (exact) mass is 432 g/mol. The number of carbonyl (C=O) groups excluding carboxylic acids is 2. The molecule has 1 unspecified atom stereocenters. The second kappa shape index (κ2) is 10.6. The van der Waals surface area contributed by atoms with Crippen molar-refractivity contribution in [3.63, 3.8) is 0 Å². The van der Waals surface area contributed by atoms with Gasteiger partial charge in [0.2, 0.25) is 5.91 Å². The largest absolute Gasteiger partial charge is 0.497 e. The van der Waals surface area contributed by atoms with Gasteiger partial charge in [-0.1, -0.05) is 12.1 Å². The van der Waals surface area contributed by atoms with E-state index in [2.05, 4.69) is 4.90 Å². The average molecular weight is 433 g/mol. The molecule has 3 aliphatic heterocycles. The van der Waals surface area contributed by atoms with Gasteiger partial charge in [-0.15, -0.1) is 0 Å². The first-order valence-corrected chi connectivity index (χ1v) is 10.9. The number of piperidine rings is 1. The molecule has 1 amide bonds. The Hall–Kier alpha value is -2.61. The van der Waals surface area contributed by atoms with E-state index in [-0.39, 0.29) is 29.9 Å². The molecule has 8 nitrogen and oxygen atoms in total. The Morgan fingerprint density at radius 3 is 2.58 bits per heavy atom. The minimum atomic E-state index is -0.378. The third-order valence-corrected chi connectivity index (χ3v) is 6.55. The first-order chi connectivity index (χ1) is 15.0. The average Bonchev–Trinajstić information content (AvgIpc) is 3.37. The molecule has 3 fully saturated rings. The number of esters is 1. The standard InChI is InChI=1S/C22H30N2O4.CH2O2/c1-27-18-6-4-5-17(13-18)14-20(25)24-11-7-22(8-12-24)15-19(28-21(22)26)16-23-9-2-3-10-23;2-1-3/h4-6,13,19H,2-3,7-12,14-16H2,1H3;1H,(H,2,3). The molecule has 0 saturated carbocycles. The Morgan fingerprint density at radius 1 is 1.26 bits per heavy atom. The lowest BCUT2D eigenvalue weighted by Crippen LogP contribution is -2.45. The topological polar surface area (TPSA) is 96.4 Å². The van der Waals surface area contributed by atoms with Crippen molar-refractivity contribution in [1.82, 2.24) is 9.80 Å².